The normalized spacial score (nSPS) is 20.8. The van der Waals surface area contributed by atoms with Crippen LogP contribution in [0.3, 0.4) is 0 Å². The highest BCUT2D eigenvalue weighted by Crippen LogP contribution is 2.18. The maximum Gasteiger partial charge on any atom is 0.226 e. The molecular formula is C14H26N4O. The Kier molecular flexibility index (Phi) is 5.79. The molecule has 0 saturated carbocycles. The van der Waals surface area contributed by atoms with Gasteiger partial charge in [-0.05, 0) is 32.4 Å². The fraction of sp³-hybridized carbons (Fsp3) is 0.857. The molecule has 1 aliphatic heterocycles. The smallest absolute Gasteiger partial charge is 0.226 e. The van der Waals surface area contributed by atoms with Gasteiger partial charge in [-0.2, -0.15) is 4.98 Å². The Labute approximate surface area is 115 Å². The second kappa shape index (κ2) is 7.60. The van der Waals surface area contributed by atoms with Crippen molar-refractivity contribution >= 4 is 0 Å². The number of piperidine rings is 1. The predicted octanol–water partition coefficient (Wildman–Crippen LogP) is 1.99. The van der Waals surface area contributed by atoms with Crippen molar-refractivity contribution in [3.05, 3.63) is 11.7 Å². The van der Waals surface area contributed by atoms with Gasteiger partial charge in [-0.25, -0.2) is 0 Å². The zero-order valence-corrected chi connectivity index (χ0v) is 12.2. The van der Waals surface area contributed by atoms with Gasteiger partial charge in [0.1, 0.15) is 0 Å². The van der Waals surface area contributed by atoms with Gasteiger partial charge in [0.25, 0.3) is 0 Å². The van der Waals surface area contributed by atoms with E-state index < -0.39 is 0 Å². The number of rotatable bonds is 7. The Morgan fingerprint density at radius 1 is 1.37 bits per heavy atom. The zero-order valence-electron chi connectivity index (χ0n) is 12.2. The Balaban J connectivity index is 1.90. The van der Waals surface area contributed by atoms with Crippen molar-refractivity contribution in [2.75, 3.05) is 19.6 Å². The minimum atomic E-state index is 0.613. The summed E-state index contributed by atoms with van der Waals surface area (Å²) in [5, 5.41) is 7.55. The minimum Gasteiger partial charge on any atom is -0.339 e. The van der Waals surface area contributed by atoms with Gasteiger partial charge in [0, 0.05) is 19.0 Å². The number of aromatic nitrogens is 2. The molecule has 19 heavy (non-hydrogen) atoms. The van der Waals surface area contributed by atoms with Crippen molar-refractivity contribution in [1.29, 1.82) is 0 Å². The third kappa shape index (κ3) is 4.28. The van der Waals surface area contributed by atoms with E-state index in [4.69, 9.17) is 4.52 Å². The van der Waals surface area contributed by atoms with Crippen molar-refractivity contribution < 1.29 is 4.52 Å². The van der Waals surface area contributed by atoms with Crippen LogP contribution in [0.1, 0.15) is 51.2 Å². The number of nitrogens with one attached hydrogen (secondary N) is 1. The summed E-state index contributed by atoms with van der Waals surface area (Å²) in [5.41, 5.74) is 0. The van der Waals surface area contributed by atoms with Crippen LogP contribution in [0.4, 0.5) is 0 Å². The lowest BCUT2D eigenvalue weighted by atomic mass is 10.0. The molecule has 1 aromatic heterocycles. The average Bonchev–Trinajstić information content (AvgIpc) is 2.86. The molecule has 1 aliphatic rings. The summed E-state index contributed by atoms with van der Waals surface area (Å²) in [7, 11) is 0. The predicted molar refractivity (Wildman–Crippen MR) is 74.9 cm³/mol. The van der Waals surface area contributed by atoms with Crippen LogP contribution in [0, 0.1) is 0 Å². The molecule has 1 unspecified atom stereocenters. The van der Waals surface area contributed by atoms with E-state index in [2.05, 4.69) is 34.2 Å². The van der Waals surface area contributed by atoms with Gasteiger partial charge in [-0.3, -0.25) is 4.90 Å². The average molecular weight is 266 g/mol. The van der Waals surface area contributed by atoms with Crippen molar-refractivity contribution in [2.24, 2.45) is 0 Å². The molecule has 0 aromatic carbocycles. The number of nitrogens with zero attached hydrogens (tertiary/aromatic N) is 3. The number of hydrogen-bond acceptors (Lipinski definition) is 5. The molecule has 0 spiro atoms. The third-order valence-corrected chi connectivity index (χ3v) is 3.70. The highest BCUT2D eigenvalue weighted by atomic mass is 16.5. The topological polar surface area (TPSA) is 54.2 Å². The molecule has 2 rings (SSSR count). The lowest BCUT2D eigenvalue weighted by Gasteiger charge is -2.34. The quantitative estimate of drug-likeness (QED) is 0.818. The molecule has 1 saturated heterocycles. The first kappa shape index (κ1) is 14.5. The first-order chi connectivity index (χ1) is 9.33. The van der Waals surface area contributed by atoms with E-state index in [9.17, 15) is 0 Å². The zero-order chi connectivity index (χ0) is 13.5. The van der Waals surface area contributed by atoms with Crippen LogP contribution in [0.2, 0.25) is 0 Å². The molecule has 2 heterocycles. The lowest BCUT2D eigenvalue weighted by Crippen LogP contribution is -2.45. The van der Waals surface area contributed by atoms with Crippen molar-refractivity contribution in [3.63, 3.8) is 0 Å². The molecule has 0 aliphatic carbocycles. The number of hydrogen-bond donors (Lipinski definition) is 1. The van der Waals surface area contributed by atoms with Crippen molar-refractivity contribution in [3.8, 4) is 0 Å². The maximum absolute atomic E-state index is 5.26. The largest absolute Gasteiger partial charge is 0.339 e. The van der Waals surface area contributed by atoms with Gasteiger partial charge in [0.2, 0.25) is 5.89 Å². The third-order valence-electron chi connectivity index (χ3n) is 3.70. The highest BCUT2D eigenvalue weighted by molar-refractivity contribution is 4.89. The Morgan fingerprint density at radius 3 is 3.05 bits per heavy atom. The summed E-state index contributed by atoms with van der Waals surface area (Å²) in [6.45, 7) is 8.35. The number of aryl methyl sites for hydroxylation is 1. The SMILES string of the molecule is CCCc1nc(CN2CCCCC2CNCC)no1. The van der Waals surface area contributed by atoms with Gasteiger partial charge in [-0.1, -0.05) is 25.4 Å². The van der Waals surface area contributed by atoms with Gasteiger partial charge >= 0.3 is 0 Å². The molecule has 1 atom stereocenters. The van der Waals surface area contributed by atoms with Crippen LogP contribution < -0.4 is 5.32 Å². The van der Waals surface area contributed by atoms with E-state index in [0.29, 0.717) is 6.04 Å². The Morgan fingerprint density at radius 2 is 2.26 bits per heavy atom. The molecular weight excluding hydrogens is 240 g/mol. The van der Waals surface area contributed by atoms with Crippen LogP contribution in [-0.4, -0.2) is 40.7 Å². The number of likely N-dealkylation sites (tertiary alicyclic amines) is 1. The molecule has 1 aromatic rings. The summed E-state index contributed by atoms with van der Waals surface area (Å²) >= 11 is 0. The molecule has 0 radical (unpaired) electrons. The van der Waals surface area contributed by atoms with E-state index in [1.807, 2.05) is 0 Å². The molecule has 108 valence electrons. The summed E-state index contributed by atoms with van der Waals surface area (Å²) < 4.78 is 5.26. The van der Waals surface area contributed by atoms with Crippen molar-refractivity contribution in [2.45, 2.75) is 58.5 Å². The van der Waals surface area contributed by atoms with Crippen LogP contribution >= 0.6 is 0 Å². The fourth-order valence-electron chi connectivity index (χ4n) is 2.66. The highest BCUT2D eigenvalue weighted by Gasteiger charge is 2.23. The Hall–Kier alpha value is -0.940. The maximum atomic E-state index is 5.26. The first-order valence-electron chi connectivity index (χ1n) is 7.59. The fourth-order valence-corrected chi connectivity index (χ4v) is 2.66. The molecule has 0 bridgehead atoms. The van der Waals surface area contributed by atoms with Gasteiger partial charge < -0.3 is 9.84 Å². The van der Waals surface area contributed by atoms with Crippen LogP contribution in [0.15, 0.2) is 4.52 Å². The van der Waals surface area contributed by atoms with Gasteiger partial charge in [0.15, 0.2) is 5.82 Å². The number of likely N-dealkylation sites (N-methyl/N-ethyl adjacent to an activating group) is 1. The van der Waals surface area contributed by atoms with Crippen LogP contribution in [0.5, 0.6) is 0 Å². The van der Waals surface area contributed by atoms with Crippen LogP contribution in [0.25, 0.3) is 0 Å². The van der Waals surface area contributed by atoms with E-state index in [1.165, 1.54) is 19.3 Å². The van der Waals surface area contributed by atoms with Crippen LogP contribution in [-0.2, 0) is 13.0 Å². The van der Waals surface area contributed by atoms with E-state index in [1.54, 1.807) is 0 Å². The second-order valence-corrected chi connectivity index (χ2v) is 5.28. The molecule has 1 fully saturated rings. The van der Waals surface area contributed by atoms with E-state index >= 15 is 0 Å². The van der Waals surface area contributed by atoms with E-state index in [0.717, 1.165) is 50.7 Å². The summed E-state index contributed by atoms with van der Waals surface area (Å²) in [5.74, 6) is 1.62. The summed E-state index contributed by atoms with van der Waals surface area (Å²) in [6.07, 6.45) is 5.82. The molecule has 5 nitrogen and oxygen atoms in total. The van der Waals surface area contributed by atoms with Gasteiger partial charge in [-0.15, -0.1) is 0 Å². The molecule has 5 heteroatoms. The summed E-state index contributed by atoms with van der Waals surface area (Å²) in [4.78, 5) is 6.96. The standard InChI is InChI=1S/C14H26N4O/c1-3-7-14-16-13(17-19-14)11-18-9-6-5-8-12(18)10-15-4-2/h12,15H,3-11H2,1-2H3. The monoisotopic (exact) mass is 266 g/mol. The Bertz CT molecular complexity index is 366. The summed E-state index contributed by atoms with van der Waals surface area (Å²) in [6, 6.07) is 0.613. The van der Waals surface area contributed by atoms with Crippen molar-refractivity contribution in [1.82, 2.24) is 20.4 Å². The lowest BCUT2D eigenvalue weighted by molar-refractivity contribution is 0.133. The minimum absolute atomic E-state index is 0.613. The first-order valence-corrected chi connectivity index (χ1v) is 7.59. The van der Waals surface area contributed by atoms with E-state index in [-0.39, 0.29) is 0 Å². The second-order valence-electron chi connectivity index (χ2n) is 5.28. The van der Waals surface area contributed by atoms with Gasteiger partial charge in [0.05, 0.1) is 6.54 Å². The molecule has 1 N–H and O–H groups in total. The molecule has 0 amide bonds.